The molecule has 1 saturated heterocycles. The number of halogens is 2. The fourth-order valence-corrected chi connectivity index (χ4v) is 2.13. The molecule has 1 heterocycles. The van der Waals surface area contributed by atoms with Crippen molar-refractivity contribution in [3.63, 3.8) is 0 Å². The zero-order chi connectivity index (χ0) is 13.1. The van der Waals surface area contributed by atoms with Gasteiger partial charge >= 0.3 is 0 Å². The van der Waals surface area contributed by atoms with E-state index < -0.39 is 11.6 Å². The van der Waals surface area contributed by atoms with Crippen LogP contribution in [0.15, 0.2) is 12.1 Å². The molecular weight excluding hydrogens is 238 g/mol. The van der Waals surface area contributed by atoms with Crippen molar-refractivity contribution in [1.82, 2.24) is 0 Å². The van der Waals surface area contributed by atoms with Crippen LogP contribution in [-0.2, 0) is 4.74 Å². The highest BCUT2D eigenvalue weighted by Crippen LogP contribution is 2.26. The Balaban J connectivity index is 2.35. The monoisotopic (exact) mass is 252 g/mol. The van der Waals surface area contributed by atoms with Gasteiger partial charge in [-0.05, 0) is 25.5 Å². The first-order valence-electron chi connectivity index (χ1n) is 5.87. The minimum absolute atomic E-state index is 0.00660. The SMILES string of the molecule is CC1CN(c2c(F)cc(C#N)cc2F)CCCO1. The molecule has 0 aromatic heterocycles. The number of nitrogens with zero attached hydrogens (tertiary/aromatic N) is 2. The van der Waals surface area contributed by atoms with E-state index in [-0.39, 0.29) is 17.4 Å². The Morgan fingerprint density at radius 1 is 1.39 bits per heavy atom. The van der Waals surface area contributed by atoms with Crippen molar-refractivity contribution in [2.24, 2.45) is 0 Å². The maximum Gasteiger partial charge on any atom is 0.150 e. The van der Waals surface area contributed by atoms with Crippen molar-refractivity contribution in [3.8, 4) is 6.07 Å². The molecule has 5 heteroatoms. The first-order chi connectivity index (χ1) is 8.61. The molecule has 0 spiro atoms. The molecule has 0 bridgehead atoms. The van der Waals surface area contributed by atoms with Crippen LogP contribution in [0.5, 0.6) is 0 Å². The lowest BCUT2D eigenvalue weighted by Crippen LogP contribution is -2.31. The van der Waals surface area contributed by atoms with Crippen LogP contribution in [0.3, 0.4) is 0 Å². The molecule has 1 aromatic carbocycles. The molecule has 2 rings (SSSR count). The van der Waals surface area contributed by atoms with Crippen LogP contribution in [0.1, 0.15) is 18.9 Å². The highest BCUT2D eigenvalue weighted by Gasteiger charge is 2.22. The highest BCUT2D eigenvalue weighted by molar-refractivity contribution is 5.52. The third-order valence-electron chi connectivity index (χ3n) is 2.91. The van der Waals surface area contributed by atoms with Gasteiger partial charge < -0.3 is 9.64 Å². The molecule has 0 N–H and O–H groups in total. The Labute approximate surface area is 105 Å². The molecule has 1 atom stereocenters. The Bertz CT molecular complexity index is 461. The van der Waals surface area contributed by atoms with Gasteiger partial charge in [-0.25, -0.2) is 8.78 Å². The van der Waals surface area contributed by atoms with Gasteiger partial charge in [-0.1, -0.05) is 0 Å². The summed E-state index contributed by atoms with van der Waals surface area (Å²) < 4.78 is 33.2. The van der Waals surface area contributed by atoms with Crippen LogP contribution in [0, 0.1) is 23.0 Å². The van der Waals surface area contributed by atoms with E-state index in [2.05, 4.69) is 0 Å². The average molecular weight is 252 g/mol. The summed E-state index contributed by atoms with van der Waals surface area (Å²) in [6.45, 7) is 3.46. The summed E-state index contributed by atoms with van der Waals surface area (Å²) in [6, 6.07) is 3.87. The van der Waals surface area contributed by atoms with E-state index in [0.717, 1.165) is 18.6 Å². The van der Waals surface area contributed by atoms with E-state index in [4.69, 9.17) is 10.00 Å². The van der Waals surface area contributed by atoms with Crippen molar-refractivity contribution in [2.45, 2.75) is 19.4 Å². The third kappa shape index (κ3) is 2.59. The number of rotatable bonds is 1. The Hall–Kier alpha value is -1.67. The van der Waals surface area contributed by atoms with Gasteiger partial charge in [0.15, 0.2) is 11.6 Å². The van der Waals surface area contributed by atoms with E-state index >= 15 is 0 Å². The summed E-state index contributed by atoms with van der Waals surface area (Å²) in [7, 11) is 0. The Morgan fingerprint density at radius 2 is 2.06 bits per heavy atom. The Morgan fingerprint density at radius 3 is 2.67 bits per heavy atom. The molecule has 1 fully saturated rings. The summed E-state index contributed by atoms with van der Waals surface area (Å²) in [6.07, 6.45) is 0.658. The molecule has 3 nitrogen and oxygen atoms in total. The molecule has 96 valence electrons. The van der Waals surface area contributed by atoms with E-state index in [1.807, 2.05) is 6.92 Å². The van der Waals surface area contributed by atoms with Crippen LogP contribution in [0.2, 0.25) is 0 Å². The van der Waals surface area contributed by atoms with Crippen LogP contribution in [-0.4, -0.2) is 25.8 Å². The average Bonchev–Trinajstić information content (AvgIpc) is 2.53. The second-order valence-electron chi connectivity index (χ2n) is 4.38. The molecule has 1 aromatic rings. The summed E-state index contributed by atoms with van der Waals surface area (Å²) in [5.74, 6) is -1.39. The molecular formula is C13H14F2N2O. The normalized spacial score (nSPS) is 20.3. The second kappa shape index (κ2) is 5.32. The van der Waals surface area contributed by atoms with E-state index in [9.17, 15) is 8.78 Å². The smallest absolute Gasteiger partial charge is 0.150 e. The first-order valence-corrected chi connectivity index (χ1v) is 5.87. The van der Waals surface area contributed by atoms with Gasteiger partial charge in [-0.2, -0.15) is 5.26 Å². The van der Waals surface area contributed by atoms with Crippen LogP contribution in [0.25, 0.3) is 0 Å². The second-order valence-corrected chi connectivity index (χ2v) is 4.38. The zero-order valence-corrected chi connectivity index (χ0v) is 10.1. The lowest BCUT2D eigenvalue weighted by atomic mass is 10.1. The number of ether oxygens (including phenoxy) is 1. The Kier molecular flexibility index (Phi) is 3.78. The van der Waals surface area contributed by atoms with Crippen LogP contribution in [0.4, 0.5) is 14.5 Å². The van der Waals surface area contributed by atoms with Crippen molar-refractivity contribution in [1.29, 1.82) is 5.26 Å². The fraction of sp³-hybridized carbons (Fsp3) is 0.462. The zero-order valence-electron chi connectivity index (χ0n) is 10.1. The highest BCUT2D eigenvalue weighted by atomic mass is 19.1. The van der Waals surface area contributed by atoms with Gasteiger partial charge in [-0.15, -0.1) is 0 Å². The number of anilines is 1. The first kappa shape index (κ1) is 12.8. The van der Waals surface area contributed by atoms with Crippen molar-refractivity contribution in [2.75, 3.05) is 24.6 Å². The summed E-state index contributed by atoms with van der Waals surface area (Å²) >= 11 is 0. The molecule has 0 radical (unpaired) electrons. The van der Waals surface area contributed by atoms with E-state index in [1.54, 1.807) is 11.0 Å². The summed E-state index contributed by atoms with van der Waals surface area (Å²) in [4.78, 5) is 1.64. The topological polar surface area (TPSA) is 36.3 Å². The summed E-state index contributed by atoms with van der Waals surface area (Å²) in [5.41, 5.74) is -0.0702. The molecule has 1 aliphatic rings. The lowest BCUT2D eigenvalue weighted by Gasteiger charge is -2.25. The molecule has 0 amide bonds. The van der Waals surface area contributed by atoms with Gasteiger partial charge in [0.2, 0.25) is 0 Å². The maximum atomic E-state index is 13.9. The predicted octanol–water partition coefficient (Wildman–Crippen LogP) is 2.45. The lowest BCUT2D eigenvalue weighted by molar-refractivity contribution is 0.0820. The fourth-order valence-electron chi connectivity index (χ4n) is 2.13. The molecule has 0 saturated carbocycles. The van der Waals surface area contributed by atoms with E-state index in [1.165, 1.54) is 0 Å². The van der Waals surface area contributed by atoms with Crippen LogP contribution >= 0.6 is 0 Å². The molecule has 1 unspecified atom stereocenters. The van der Waals surface area contributed by atoms with Gasteiger partial charge in [0.05, 0.1) is 17.7 Å². The quantitative estimate of drug-likeness (QED) is 0.770. The standard InChI is InChI=1S/C13H14F2N2O/c1-9-8-17(3-2-4-18-9)13-11(14)5-10(7-16)6-12(13)15/h5-6,9H,2-4,8H2,1H3. The van der Waals surface area contributed by atoms with Crippen LogP contribution < -0.4 is 4.90 Å². The van der Waals surface area contributed by atoms with Crippen molar-refractivity contribution in [3.05, 3.63) is 29.3 Å². The van der Waals surface area contributed by atoms with Gasteiger partial charge in [0.1, 0.15) is 5.69 Å². The maximum absolute atomic E-state index is 13.9. The number of benzene rings is 1. The number of hydrogen-bond acceptors (Lipinski definition) is 3. The van der Waals surface area contributed by atoms with E-state index in [0.29, 0.717) is 19.7 Å². The predicted molar refractivity (Wildman–Crippen MR) is 63.3 cm³/mol. The molecule has 1 aliphatic heterocycles. The number of nitriles is 1. The largest absolute Gasteiger partial charge is 0.377 e. The van der Waals surface area contributed by atoms with Gasteiger partial charge in [0.25, 0.3) is 0 Å². The third-order valence-corrected chi connectivity index (χ3v) is 2.91. The summed E-state index contributed by atoms with van der Waals surface area (Å²) in [5, 5.41) is 8.66. The van der Waals surface area contributed by atoms with Crippen molar-refractivity contribution < 1.29 is 13.5 Å². The van der Waals surface area contributed by atoms with Gasteiger partial charge in [-0.3, -0.25) is 0 Å². The molecule has 0 aliphatic carbocycles. The molecule has 18 heavy (non-hydrogen) atoms. The minimum Gasteiger partial charge on any atom is -0.377 e. The minimum atomic E-state index is -0.694. The number of hydrogen-bond donors (Lipinski definition) is 0. The van der Waals surface area contributed by atoms with Gasteiger partial charge in [0, 0.05) is 19.7 Å². The van der Waals surface area contributed by atoms with Crippen molar-refractivity contribution >= 4 is 5.69 Å².